The SMILES string of the molecule is CNC(=O)CCc1n[nH]c2ccnc(NC3CCCCC3)c12. The molecule has 1 fully saturated rings. The fourth-order valence-electron chi connectivity index (χ4n) is 3.12. The average molecular weight is 301 g/mol. The van der Waals surface area contributed by atoms with Crippen LogP contribution in [0.25, 0.3) is 10.9 Å². The van der Waals surface area contributed by atoms with Gasteiger partial charge in [0.05, 0.1) is 16.6 Å². The third kappa shape index (κ3) is 3.21. The Morgan fingerprint density at radius 3 is 2.95 bits per heavy atom. The molecule has 0 spiro atoms. The van der Waals surface area contributed by atoms with Crippen LogP contribution in [0, 0.1) is 0 Å². The topological polar surface area (TPSA) is 82.7 Å². The predicted molar refractivity (Wildman–Crippen MR) is 86.8 cm³/mol. The number of aryl methyl sites for hydroxylation is 1. The maximum atomic E-state index is 11.5. The standard InChI is InChI=1S/C16H23N5O/c1-17-14(22)8-7-12-15-13(21-20-12)9-10-18-16(15)19-11-5-3-2-4-6-11/h9-11H,2-8H2,1H3,(H,17,22)(H,18,19)(H,20,21). The molecule has 3 rings (SSSR count). The molecule has 1 aliphatic rings. The summed E-state index contributed by atoms with van der Waals surface area (Å²) in [6.07, 6.45) is 9.14. The summed E-state index contributed by atoms with van der Waals surface area (Å²) in [5, 5.41) is 14.7. The number of aromatic nitrogens is 3. The maximum absolute atomic E-state index is 11.5. The van der Waals surface area contributed by atoms with Crippen LogP contribution < -0.4 is 10.6 Å². The zero-order valence-corrected chi connectivity index (χ0v) is 13.0. The van der Waals surface area contributed by atoms with Crippen molar-refractivity contribution >= 4 is 22.6 Å². The molecule has 1 aliphatic carbocycles. The molecule has 118 valence electrons. The van der Waals surface area contributed by atoms with Gasteiger partial charge < -0.3 is 10.6 Å². The van der Waals surface area contributed by atoms with Gasteiger partial charge in [-0.3, -0.25) is 9.89 Å². The van der Waals surface area contributed by atoms with E-state index in [1.807, 2.05) is 6.07 Å². The fourth-order valence-corrected chi connectivity index (χ4v) is 3.12. The highest BCUT2D eigenvalue weighted by atomic mass is 16.1. The van der Waals surface area contributed by atoms with Crippen LogP contribution in [0.5, 0.6) is 0 Å². The summed E-state index contributed by atoms with van der Waals surface area (Å²) in [4.78, 5) is 16.0. The van der Waals surface area contributed by atoms with Crippen molar-refractivity contribution in [2.45, 2.75) is 51.0 Å². The second kappa shape index (κ2) is 6.77. The molecule has 0 aliphatic heterocycles. The summed E-state index contributed by atoms with van der Waals surface area (Å²) in [5.74, 6) is 0.923. The molecule has 6 heteroatoms. The first-order chi connectivity index (χ1) is 10.8. The van der Waals surface area contributed by atoms with E-state index in [0.717, 1.165) is 22.4 Å². The van der Waals surface area contributed by atoms with Crippen molar-refractivity contribution in [3.63, 3.8) is 0 Å². The highest BCUT2D eigenvalue weighted by Gasteiger charge is 2.17. The number of H-pyrrole nitrogens is 1. The number of amides is 1. The number of anilines is 1. The quantitative estimate of drug-likeness (QED) is 0.792. The second-order valence-corrected chi connectivity index (χ2v) is 5.90. The zero-order valence-electron chi connectivity index (χ0n) is 13.0. The second-order valence-electron chi connectivity index (χ2n) is 5.90. The lowest BCUT2D eigenvalue weighted by molar-refractivity contribution is -0.120. The van der Waals surface area contributed by atoms with E-state index in [2.05, 4.69) is 25.8 Å². The molecule has 0 saturated heterocycles. The van der Waals surface area contributed by atoms with Crippen molar-refractivity contribution in [1.29, 1.82) is 0 Å². The minimum Gasteiger partial charge on any atom is -0.367 e. The van der Waals surface area contributed by atoms with Crippen LogP contribution in [-0.4, -0.2) is 34.2 Å². The number of rotatable bonds is 5. The third-order valence-electron chi connectivity index (χ3n) is 4.36. The number of hydrogen-bond donors (Lipinski definition) is 3. The first-order valence-corrected chi connectivity index (χ1v) is 8.07. The number of fused-ring (bicyclic) bond motifs is 1. The van der Waals surface area contributed by atoms with Gasteiger partial charge in [-0.25, -0.2) is 4.98 Å². The molecule has 0 bridgehead atoms. The molecule has 2 aromatic heterocycles. The fraction of sp³-hybridized carbons (Fsp3) is 0.562. The van der Waals surface area contributed by atoms with Crippen LogP contribution in [0.15, 0.2) is 12.3 Å². The molecule has 6 nitrogen and oxygen atoms in total. The molecule has 1 amide bonds. The first kappa shape index (κ1) is 14.8. The summed E-state index contributed by atoms with van der Waals surface area (Å²) in [6, 6.07) is 2.42. The summed E-state index contributed by atoms with van der Waals surface area (Å²) in [6.45, 7) is 0. The number of aromatic amines is 1. The van der Waals surface area contributed by atoms with Crippen LogP contribution in [-0.2, 0) is 11.2 Å². The summed E-state index contributed by atoms with van der Waals surface area (Å²) in [7, 11) is 1.66. The van der Waals surface area contributed by atoms with Gasteiger partial charge in [-0.1, -0.05) is 19.3 Å². The molecule has 0 radical (unpaired) electrons. The van der Waals surface area contributed by atoms with Crippen LogP contribution >= 0.6 is 0 Å². The van der Waals surface area contributed by atoms with E-state index in [1.165, 1.54) is 32.1 Å². The van der Waals surface area contributed by atoms with E-state index in [9.17, 15) is 4.79 Å². The lowest BCUT2D eigenvalue weighted by atomic mass is 9.95. The lowest BCUT2D eigenvalue weighted by Gasteiger charge is -2.23. The highest BCUT2D eigenvalue weighted by Crippen LogP contribution is 2.27. The molecule has 0 unspecified atom stereocenters. The van der Waals surface area contributed by atoms with Crippen molar-refractivity contribution in [1.82, 2.24) is 20.5 Å². The molecule has 1 saturated carbocycles. The lowest BCUT2D eigenvalue weighted by Crippen LogP contribution is -2.23. The number of nitrogens with one attached hydrogen (secondary N) is 3. The molecule has 2 heterocycles. The van der Waals surface area contributed by atoms with Gasteiger partial charge >= 0.3 is 0 Å². The number of carbonyl (C=O) groups is 1. The minimum absolute atomic E-state index is 0.0295. The average Bonchev–Trinajstić information content (AvgIpc) is 2.98. The van der Waals surface area contributed by atoms with Crippen LogP contribution in [0.3, 0.4) is 0 Å². The van der Waals surface area contributed by atoms with Gasteiger partial charge in [0.25, 0.3) is 0 Å². The van der Waals surface area contributed by atoms with Crippen LogP contribution in [0.4, 0.5) is 5.82 Å². The Morgan fingerprint density at radius 1 is 1.36 bits per heavy atom. The molecule has 0 atom stereocenters. The Hall–Kier alpha value is -2.11. The Balaban J connectivity index is 1.82. The van der Waals surface area contributed by atoms with Crippen molar-refractivity contribution in [3.05, 3.63) is 18.0 Å². The van der Waals surface area contributed by atoms with Crippen molar-refractivity contribution in [2.75, 3.05) is 12.4 Å². The Kier molecular flexibility index (Phi) is 4.56. The molecule has 22 heavy (non-hydrogen) atoms. The van der Waals surface area contributed by atoms with Crippen LogP contribution in [0.2, 0.25) is 0 Å². The Morgan fingerprint density at radius 2 is 2.18 bits per heavy atom. The predicted octanol–water partition coefficient (Wildman–Crippen LogP) is 2.38. The molecule has 2 aromatic rings. The third-order valence-corrected chi connectivity index (χ3v) is 4.36. The van der Waals surface area contributed by atoms with E-state index < -0.39 is 0 Å². The van der Waals surface area contributed by atoms with Gasteiger partial charge in [-0.05, 0) is 18.9 Å². The first-order valence-electron chi connectivity index (χ1n) is 8.07. The van der Waals surface area contributed by atoms with E-state index in [0.29, 0.717) is 18.9 Å². The highest BCUT2D eigenvalue weighted by molar-refractivity contribution is 5.92. The van der Waals surface area contributed by atoms with Crippen molar-refractivity contribution in [2.24, 2.45) is 0 Å². The zero-order chi connectivity index (χ0) is 15.4. The smallest absolute Gasteiger partial charge is 0.220 e. The Labute approximate surface area is 130 Å². The van der Waals surface area contributed by atoms with Crippen LogP contribution in [0.1, 0.15) is 44.2 Å². The summed E-state index contributed by atoms with van der Waals surface area (Å²) in [5.41, 5.74) is 1.88. The largest absolute Gasteiger partial charge is 0.367 e. The van der Waals surface area contributed by atoms with Gasteiger partial charge in [-0.15, -0.1) is 0 Å². The summed E-state index contributed by atoms with van der Waals surface area (Å²) >= 11 is 0. The van der Waals surface area contributed by atoms with Gasteiger partial charge in [0, 0.05) is 32.1 Å². The molecule has 0 aromatic carbocycles. The van der Waals surface area contributed by atoms with E-state index in [4.69, 9.17) is 0 Å². The molecule has 3 N–H and O–H groups in total. The van der Waals surface area contributed by atoms with Crippen molar-refractivity contribution in [3.8, 4) is 0 Å². The number of pyridine rings is 1. The van der Waals surface area contributed by atoms with E-state index in [-0.39, 0.29) is 5.91 Å². The summed E-state index contributed by atoms with van der Waals surface area (Å²) < 4.78 is 0. The van der Waals surface area contributed by atoms with E-state index in [1.54, 1.807) is 13.2 Å². The number of nitrogens with zero attached hydrogens (tertiary/aromatic N) is 2. The Bertz CT molecular complexity index is 645. The minimum atomic E-state index is 0.0295. The maximum Gasteiger partial charge on any atom is 0.220 e. The number of carbonyl (C=O) groups excluding carboxylic acids is 1. The number of hydrogen-bond acceptors (Lipinski definition) is 4. The van der Waals surface area contributed by atoms with Crippen molar-refractivity contribution < 1.29 is 4.79 Å². The van der Waals surface area contributed by atoms with Gasteiger partial charge in [-0.2, -0.15) is 5.10 Å². The molecular formula is C16H23N5O. The van der Waals surface area contributed by atoms with Gasteiger partial charge in [0.1, 0.15) is 5.82 Å². The van der Waals surface area contributed by atoms with Gasteiger partial charge in [0.2, 0.25) is 5.91 Å². The monoisotopic (exact) mass is 301 g/mol. The van der Waals surface area contributed by atoms with E-state index >= 15 is 0 Å². The van der Waals surface area contributed by atoms with Gasteiger partial charge in [0.15, 0.2) is 0 Å². The normalized spacial score (nSPS) is 15.9. The molecular weight excluding hydrogens is 278 g/mol.